The van der Waals surface area contributed by atoms with Crippen LogP contribution in [0.3, 0.4) is 0 Å². The van der Waals surface area contributed by atoms with Crippen molar-refractivity contribution in [2.75, 3.05) is 6.54 Å². The molecule has 0 aliphatic carbocycles. The Balaban J connectivity index is 2.24. The molecule has 1 atom stereocenters. The Morgan fingerprint density at radius 1 is 1.44 bits per heavy atom. The molecular weight excluding hydrogens is 248 g/mol. The SMILES string of the molecule is CC(Cl)CCCNCc1ccc(Cl)c(F)c1. The molecule has 0 aromatic heterocycles. The van der Waals surface area contributed by atoms with Crippen molar-refractivity contribution in [2.24, 2.45) is 0 Å². The van der Waals surface area contributed by atoms with Crippen LogP contribution in [-0.2, 0) is 6.54 Å². The third-order valence-corrected chi connectivity index (χ3v) is 2.79. The lowest BCUT2D eigenvalue weighted by molar-refractivity contribution is 0.606. The van der Waals surface area contributed by atoms with Gasteiger partial charge in [0.15, 0.2) is 0 Å². The standard InChI is InChI=1S/C12H16Cl2FN/c1-9(13)3-2-6-16-8-10-4-5-11(14)12(15)7-10/h4-5,7,9,16H,2-3,6,8H2,1H3. The Morgan fingerprint density at radius 3 is 2.81 bits per heavy atom. The van der Waals surface area contributed by atoms with Crippen molar-refractivity contribution >= 4 is 23.2 Å². The highest BCUT2D eigenvalue weighted by atomic mass is 35.5. The molecule has 0 saturated carbocycles. The second-order valence-corrected chi connectivity index (χ2v) is 5.00. The average molecular weight is 264 g/mol. The van der Waals surface area contributed by atoms with Gasteiger partial charge < -0.3 is 5.32 Å². The molecule has 1 nitrogen and oxygen atoms in total. The summed E-state index contributed by atoms with van der Waals surface area (Å²) in [6.45, 7) is 3.53. The van der Waals surface area contributed by atoms with E-state index in [0.29, 0.717) is 6.54 Å². The van der Waals surface area contributed by atoms with Crippen molar-refractivity contribution in [2.45, 2.75) is 31.7 Å². The molecule has 1 aromatic carbocycles. The molecule has 4 heteroatoms. The largest absolute Gasteiger partial charge is 0.313 e. The summed E-state index contributed by atoms with van der Waals surface area (Å²) < 4.78 is 13.1. The Hall–Kier alpha value is -0.310. The summed E-state index contributed by atoms with van der Waals surface area (Å²) in [6, 6.07) is 4.86. The lowest BCUT2D eigenvalue weighted by atomic mass is 10.2. The molecular formula is C12H16Cl2FN. The lowest BCUT2D eigenvalue weighted by Gasteiger charge is -2.06. The minimum atomic E-state index is -0.365. The smallest absolute Gasteiger partial charge is 0.142 e. The predicted molar refractivity (Wildman–Crippen MR) is 67.7 cm³/mol. The first-order valence-corrected chi connectivity index (χ1v) is 6.19. The van der Waals surface area contributed by atoms with Crippen LogP contribution in [0.4, 0.5) is 4.39 Å². The molecule has 1 N–H and O–H groups in total. The van der Waals surface area contributed by atoms with Crippen molar-refractivity contribution in [1.82, 2.24) is 5.32 Å². The second-order valence-electron chi connectivity index (χ2n) is 3.85. The first-order chi connectivity index (χ1) is 7.59. The van der Waals surface area contributed by atoms with Crippen LogP contribution in [0.25, 0.3) is 0 Å². The number of halogens is 3. The highest BCUT2D eigenvalue weighted by Gasteiger charge is 2.00. The summed E-state index contributed by atoms with van der Waals surface area (Å²) in [5, 5.41) is 3.62. The molecule has 1 unspecified atom stereocenters. The van der Waals surface area contributed by atoms with Crippen LogP contribution in [0.15, 0.2) is 18.2 Å². The monoisotopic (exact) mass is 263 g/mol. The quantitative estimate of drug-likeness (QED) is 0.605. The van der Waals surface area contributed by atoms with E-state index in [1.165, 1.54) is 6.07 Å². The van der Waals surface area contributed by atoms with Gasteiger partial charge in [0.05, 0.1) is 5.02 Å². The van der Waals surface area contributed by atoms with Crippen LogP contribution >= 0.6 is 23.2 Å². The Labute approximate surface area is 106 Å². The molecule has 16 heavy (non-hydrogen) atoms. The number of rotatable bonds is 6. The maximum atomic E-state index is 13.1. The predicted octanol–water partition coefficient (Wildman–Crippen LogP) is 3.98. The Bertz CT molecular complexity index is 329. The van der Waals surface area contributed by atoms with Crippen molar-refractivity contribution in [3.63, 3.8) is 0 Å². The van der Waals surface area contributed by atoms with Crippen LogP contribution in [0.5, 0.6) is 0 Å². The van der Waals surface area contributed by atoms with Crippen LogP contribution in [0, 0.1) is 5.82 Å². The molecule has 0 radical (unpaired) electrons. The van der Waals surface area contributed by atoms with Crippen LogP contribution in [0.2, 0.25) is 5.02 Å². The van der Waals surface area contributed by atoms with E-state index in [1.807, 2.05) is 13.0 Å². The van der Waals surface area contributed by atoms with Gasteiger partial charge in [-0.05, 0) is 44.0 Å². The molecule has 1 aromatic rings. The van der Waals surface area contributed by atoms with Gasteiger partial charge in [0, 0.05) is 11.9 Å². The number of nitrogens with one attached hydrogen (secondary N) is 1. The maximum Gasteiger partial charge on any atom is 0.142 e. The molecule has 0 aliphatic heterocycles. The first-order valence-electron chi connectivity index (χ1n) is 5.38. The normalized spacial score (nSPS) is 12.8. The zero-order chi connectivity index (χ0) is 12.0. The van der Waals surface area contributed by atoms with E-state index in [1.54, 1.807) is 6.07 Å². The second kappa shape index (κ2) is 7.10. The highest BCUT2D eigenvalue weighted by Crippen LogP contribution is 2.15. The van der Waals surface area contributed by atoms with Crippen LogP contribution in [0.1, 0.15) is 25.3 Å². The van der Waals surface area contributed by atoms with E-state index < -0.39 is 0 Å². The van der Waals surface area contributed by atoms with Gasteiger partial charge in [-0.3, -0.25) is 0 Å². The van der Waals surface area contributed by atoms with Crippen LogP contribution in [-0.4, -0.2) is 11.9 Å². The number of alkyl halides is 1. The Morgan fingerprint density at radius 2 is 2.19 bits per heavy atom. The Kier molecular flexibility index (Phi) is 6.10. The van der Waals surface area contributed by atoms with E-state index >= 15 is 0 Å². The molecule has 90 valence electrons. The third-order valence-electron chi connectivity index (χ3n) is 2.27. The highest BCUT2D eigenvalue weighted by molar-refractivity contribution is 6.30. The van der Waals surface area contributed by atoms with Gasteiger partial charge in [0.1, 0.15) is 5.82 Å². The van der Waals surface area contributed by atoms with Gasteiger partial charge in [-0.15, -0.1) is 11.6 Å². The van der Waals surface area contributed by atoms with Gasteiger partial charge in [0.25, 0.3) is 0 Å². The maximum absolute atomic E-state index is 13.1. The fourth-order valence-electron chi connectivity index (χ4n) is 1.39. The van der Waals surface area contributed by atoms with Crippen molar-refractivity contribution in [3.8, 4) is 0 Å². The van der Waals surface area contributed by atoms with Gasteiger partial charge >= 0.3 is 0 Å². The van der Waals surface area contributed by atoms with Gasteiger partial charge in [-0.25, -0.2) is 4.39 Å². The first kappa shape index (κ1) is 13.8. The summed E-state index contributed by atoms with van der Waals surface area (Å²) in [6.07, 6.45) is 2.02. The molecule has 0 aliphatic rings. The topological polar surface area (TPSA) is 12.0 Å². The van der Waals surface area contributed by atoms with E-state index in [9.17, 15) is 4.39 Å². The van der Waals surface area contributed by atoms with E-state index in [-0.39, 0.29) is 16.2 Å². The summed E-state index contributed by atoms with van der Waals surface area (Å²) >= 11 is 11.4. The summed E-state index contributed by atoms with van der Waals surface area (Å²) in [7, 11) is 0. The third kappa shape index (κ3) is 5.15. The molecule has 0 heterocycles. The van der Waals surface area contributed by atoms with Crippen molar-refractivity contribution < 1.29 is 4.39 Å². The average Bonchev–Trinajstić information content (AvgIpc) is 2.22. The molecule has 0 bridgehead atoms. The van der Waals surface area contributed by atoms with Gasteiger partial charge in [0.2, 0.25) is 0 Å². The van der Waals surface area contributed by atoms with Gasteiger partial charge in [-0.1, -0.05) is 17.7 Å². The van der Waals surface area contributed by atoms with E-state index in [0.717, 1.165) is 24.9 Å². The molecule has 0 fully saturated rings. The molecule has 0 spiro atoms. The van der Waals surface area contributed by atoms with Gasteiger partial charge in [-0.2, -0.15) is 0 Å². The summed E-state index contributed by atoms with van der Waals surface area (Å²) in [5.74, 6) is -0.365. The van der Waals surface area contributed by atoms with E-state index in [4.69, 9.17) is 23.2 Å². The zero-order valence-electron chi connectivity index (χ0n) is 9.27. The summed E-state index contributed by atoms with van der Waals surface area (Å²) in [5.41, 5.74) is 0.904. The molecule has 1 rings (SSSR count). The number of benzene rings is 1. The minimum Gasteiger partial charge on any atom is -0.313 e. The number of hydrogen-bond acceptors (Lipinski definition) is 1. The van der Waals surface area contributed by atoms with Crippen molar-refractivity contribution in [3.05, 3.63) is 34.6 Å². The molecule has 0 amide bonds. The van der Waals surface area contributed by atoms with Crippen LogP contribution < -0.4 is 5.32 Å². The summed E-state index contributed by atoms with van der Waals surface area (Å²) in [4.78, 5) is 0. The zero-order valence-corrected chi connectivity index (χ0v) is 10.8. The molecule has 0 saturated heterocycles. The minimum absolute atomic E-state index is 0.166. The lowest BCUT2D eigenvalue weighted by Crippen LogP contribution is -2.15. The van der Waals surface area contributed by atoms with E-state index in [2.05, 4.69) is 5.32 Å². The fraction of sp³-hybridized carbons (Fsp3) is 0.500. The number of hydrogen-bond donors (Lipinski definition) is 1. The fourth-order valence-corrected chi connectivity index (χ4v) is 1.66. The van der Waals surface area contributed by atoms with Crippen molar-refractivity contribution in [1.29, 1.82) is 0 Å².